The topological polar surface area (TPSA) is 95.9 Å². The first-order valence-electron chi connectivity index (χ1n) is 39.1. The van der Waals surface area contributed by atoms with Crippen molar-refractivity contribution in [3.05, 3.63) is 24.3 Å². The van der Waals surface area contributed by atoms with E-state index in [4.69, 9.17) is 4.74 Å². The highest BCUT2D eigenvalue weighted by Gasteiger charge is 2.20. The second kappa shape index (κ2) is 74.8. The van der Waals surface area contributed by atoms with E-state index in [1.807, 2.05) is 0 Å². The largest absolute Gasteiger partial charge is 0.466 e. The molecule has 0 saturated heterocycles. The van der Waals surface area contributed by atoms with Gasteiger partial charge in [-0.15, -0.1) is 0 Å². The van der Waals surface area contributed by atoms with Gasteiger partial charge in [-0.1, -0.05) is 378 Å². The monoisotopic (exact) mass is 1200 g/mol. The third-order valence-corrected chi connectivity index (χ3v) is 18.5. The summed E-state index contributed by atoms with van der Waals surface area (Å²) in [4.78, 5) is 24.6. The minimum atomic E-state index is -0.662. The molecule has 6 heteroatoms. The lowest BCUT2D eigenvalue weighted by atomic mass is 10.0. The number of hydrogen-bond acceptors (Lipinski definition) is 5. The second-order valence-electron chi connectivity index (χ2n) is 27.0. The van der Waals surface area contributed by atoms with Crippen LogP contribution in [0.5, 0.6) is 0 Å². The number of ether oxygens (including phenoxy) is 1. The van der Waals surface area contributed by atoms with Crippen LogP contribution in [0.3, 0.4) is 0 Å². The van der Waals surface area contributed by atoms with Crippen LogP contribution in [0.15, 0.2) is 24.3 Å². The number of hydrogen-bond donors (Lipinski definition) is 3. The number of aliphatic hydroxyl groups excluding tert-OH is 2. The molecule has 504 valence electrons. The lowest BCUT2D eigenvalue weighted by Gasteiger charge is -2.22. The van der Waals surface area contributed by atoms with Crippen LogP contribution in [-0.4, -0.2) is 47.4 Å². The van der Waals surface area contributed by atoms with Gasteiger partial charge in [-0.3, -0.25) is 9.59 Å². The molecule has 0 heterocycles. The smallest absolute Gasteiger partial charge is 0.305 e. The van der Waals surface area contributed by atoms with Gasteiger partial charge in [0.2, 0.25) is 5.91 Å². The van der Waals surface area contributed by atoms with E-state index < -0.39 is 12.1 Å². The predicted octanol–water partition coefficient (Wildman–Crippen LogP) is 25.7. The highest BCUT2D eigenvalue weighted by Crippen LogP contribution is 2.20. The van der Waals surface area contributed by atoms with Crippen LogP contribution < -0.4 is 5.32 Å². The van der Waals surface area contributed by atoms with Gasteiger partial charge in [-0.05, 0) is 77.0 Å². The number of nitrogens with one attached hydrogen (secondary N) is 1. The molecule has 1 amide bonds. The van der Waals surface area contributed by atoms with Crippen molar-refractivity contribution in [3.63, 3.8) is 0 Å². The Morgan fingerprint density at radius 1 is 0.318 bits per heavy atom. The van der Waals surface area contributed by atoms with Gasteiger partial charge in [0.1, 0.15) is 0 Å². The summed E-state index contributed by atoms with van der Waals surface area (Å²) in [5.41, 5.74) is 0. The van der Waals surface area contributed by atoms with Crippen molar-refractivity contribution in [1.29, 1.82) is 0 Å². The highest BCUT2D eigenvalue weighted by molar-refractivity contribution is 5.76. The maximum absolute atomic E-state index is 12.5. The van der Waals surface area contributed by atoms with E-state index in [0.717, 1.165) is 44.9 Å². The minimum absolute atomic E-state index is 0.0129. The first kappa shape index (κ1) is 83.3. The fourth-order valence-corrected chi connectivity index (χ4v) is 12.5. The Balaban J connectivity index is 3.33. The van der Waals surface area contributed by atoms with Gasteiger partial charge in [0.25, 0.3) is 0 Å². The third-order valence-electron chi connectivity index (χ3n) is 18.5. The predicted molar refractivity (Wildman–Crippen MR) is 375 cm³/mol. The molecule has 0 aliphatic heterocycles. The molecule has 0 aliphatic rings. The van der Waals surface area contributed by atoms with E-state index in [0.29, 0.717) is 25.9 Å². The number of allylic oxidation sites excluding steroid dienone is 4. The van der Waals surface area contributed by atoms with E-state index in [2.05, 4.69) is 43.5 Å². The number of amides is 1. The van der Waals surface area contributed by atoms with Crippen LogP contribution in [0, 0.1) is 0 Å². The molecule has 2 atom stereocenters. The molecule has 0 fully saturated rings. The molecule has 0 aromatic heterocycles. The van der Waals surface area contributed by atoms with Crippen molar-refractivity contribution < 1.29 is 24.5 Å². The van der Waals surface area contributed by atoms with Gasteiger partial charge in [0, 0.05) is 12.8 Å². The quantitative estimate of drug-likeness (QED) is 0.0320. The van der Waals surface area contributed by atoms with Crippen LogP contribution in [0.1, 0.15) is 444 Å². The highest BCUT2D eigenvalue weighted by atomic mass is 16.5. The van der Waals surface area contributed by atoms with Crippen LogP contribution in [0.2, 0.25) is 0 Å². The summed E-state index contributed by atoms with van der Waals surface area (Å²) in [5, 5.41) is 23.4. The zero-order valence-corrected chi connectivity index (χ0v) is 57.9. The molecule has 0 aromatic carbocycles. The zero-order chi connectivity index (χ0) is 61.3. The Morgan fingerprint density at radius 3 is 0.847 bits per heavy atom. The van der Waals surface area contributed by atoms with Crippen LogP contribution >= 0.6 is 0 Å². The average molecular weight is 1200 g/mol. The molecule has 0 radical (unpaired) electrons. The van der Waals surface area contributed by atoms with E-state index in [1.165, 1.54) is 366 Å². The standard InChI is InChI=1S/C79H153NO5/c1-3-5-7-9-11-13-15-17-18-19-41-44-48-51-55-59-63-67-71-77(82)76(75-81)80-78(83)72-68-64-60-56-52-49-45-42-39-37-35-33-31-29-27-25-23-21-20-22-24-26-28-30-32-34-36-38-40-43-46-50-54-58-62-66-70-74-85-79(84)73-69-65-61-57-53-47-16-14-12-10-8-6-4-2/h14,16,20,22,76-77,81-82H,3-13,15,17-19,21,23-75H2,1-2H3,(H,80,83)/b16-14-,22-20-. The van der Waals surface area contributed by atoms with Crippen molar-refractivity contribution in [2.75, 3.05) is 13.2 Å². The van der Waals surface area contributed by atoms with Crippen molar-refractivity contribution in [2.45, 2.75) is 456 Å². The zero-order valence-electron chi connectivity index (χ0n) is 57.9. The SMILES string of the molecule is CCCCCC/C=C\CCCCCCCC(=O)OCCCCCCCCCCCCCCCCCC/C=C\CCCCCCCCCCCCCCCCCCCC(=O)NC(CO)C(O)CCCCCCCCCCCCCCCCCCCC. The normalized spacial score (nSPS) is 12.6. The van der Waals surface area contributed by atoms with E-state index in [-0.39, 0.29) is 18.5 Å². The van der Waals surface area contributed by atoms with Gasteiger partial charge in [-0.2, -0.15) is 0 Å². The van der Waals surface area contributed by atoms with Gasteiger partial charge in [0.15, 0.2) is 0 Å². The molecule has 0 bridgehead atoms. The number of carbonyl (C=O) groups is 2. The van der Waals surface area contributed by atoms with Gasteiger partial charge in [-0.25, -0.2) is 0 Å². The number of esters is 1. The first-order chi connectivity index (χ1) is 42.0. The van der Waals surface area contributed by atoms with Crippen LogP contribution in [0.25, 0.3) is 0 Å². The van der Waals surface area contributed by atoms with E-state index in [1.54, 1.807) is 0 Å². The Kier molecular flexibility index (Phi) is 73.3. The Bertz CT molecular complexity index is 1330. The number of aliphatic hydroxyl groups is 2. The number of carbonyl (C=O) groups excluding carboxylic acids is 2. The summed E-state index contributed by atoms with van der Waals surface area (Å²) in [6, 6.07) is -0.538. The summed E-state index contributed by atoms with van der Waals surface area (Å²) >= 11 is 0. The Labute approximate surface area is 532 Å². The molecule has 0 aromatic rings. The third kappa shape index (κ3) is 71.3. The molecule has 0 rings (SSSR count). The van der Waals surface area contributed by atoms with Crippen molar-refractivity contribution in [2.24, 2.45) is 0 Å². The Hall–Kier alpha value is -1.66. The molecular weight excluding hydrogens is 1040 g/mol. The van der Waals surface area contributed by atoms with Gasteiger partial charge < -0.3 is 20.3 Å². The fourth-order valence-electron chi connectivity index (χ4n) is 12.5. The summed E-state index contributed by atoms with van der Waals surface area (Å²) < 4.78 is 5.49. The van der Waals surface area contributed by atoms with Crippen LogP contribution in [0.4, 0.5) is 0 Å². The molecule has 0 aliphatic carbocycles. The lowest BCUT2D eigenvalue weighted by molar-refractivity contribution is -0.143. The summed E-state index contributed by atoms with van der Waals surface area (Å²) in [6.07, 6.45) is 95.6. The van der Waals surface area contributed by atoms with Crippen molar-refractivity contribution in [1.82, 2.24) is 5.32 Å². The molecule has 6 nitrogen and oxygen atoms in total. The number of rotatable bonds is 74. The molecule has 0 saturated carbocycles. The Morgan fingerprint density at radius 2 is 0.553 bits per heavy atom. The van der Waals surface area contributed by atoms with Gasteiger partial charge >= 0.3 is 5.97 Å². The fraction of sp³-hybridized carbons (Fsp3) is 0.924. The van der Waals surface area contributed by atoms with Crippen LogP contribution in [-0.2, 0) is 14.3 Å². The molecular formula is C79H153NO5. The van der Waals surface area contributed by atoms with Gasteiger partial charge in [0.05, 0.1) is 25.4 Å². The molecule has 85 heavy (non-hydrogen) atoms. The summed E-state index contributed by atoms with van der Waals surface area (Å²) in [6.45, 7) is 4.98. The van der Waals surface area contributed by atoms with E-state index >= 15 is 0 Å². The summed E-state index contributed by atoms with van der Waals surface area (Å²) in [5.74, 6) is -0.0136. The molecule has 0 spiro atoms. The minimum Gasteiger partial charge on any atom is -0.466 e. The average Bonchev–Trinajstić information content (AvgIpc) is 3.51. The number of unbranched alkanes of at least 4 members (excludes halogenated alkanes) is 59. The maximum atomic E-state index is 12.5. The molecule has 3 N–H and O–H groups in total. The second-order valence-corrected chi connectivity index (χ2v) is 27.0. The van der Waals surface area contributed by atoms with Crippen molar-refractivity contribution in [3.8, 4) is 0 Å². The van der Waals surface area contributed by atoms with Crippen molar-refractivity contribution >= 4 is 11.9 Å². The molecule has 2 unspecified atom stereocenters. The maximum Gasteiger partial charge on any atom is 0.305 e. The lowest BCUT2D eigenvalue weighted by Crippen LogP contribution is -2.45. The first-order valence-corrected chi connectivity index (χ1v) is 39.1. The summed E-state index contributed by atoms with van der Waals surface area (Å²) in [7, 11) is 0. The van der Waals surface area contributed by atoms with E-state index in [9.17, 15) is 19.8 Å².